The van der Waals surface area contributed by atoms with Crippen molar-refractivity contribution in [3.63, 3.8) is 0 Å². The highest BCUT2D eigenvalue weighted by Crippen LogP contribution is 2.52. The van der Waals surface area contributed by atoms with Crippen LogP contribution in [0.25, 0.3) is 0 Å². The first-order chi connectivity index (χ1) is 10.1. The van der Waals surface area contributed by atoms with Crippen LogP contribution in [0.5, 0.6) is 5.75 Å². The lowest BCUT2D eigenvalue weighted by atomic mass is 10.0. The number of rotatable bonds is 4. The van der Waals surface area contributed by atoms with Gasteiger partial charge in [0.05, 0.1) is 18.8 Å². The van der Waals surface area contributed by atoms with Gasteiger partial charge in [0.25, 0.3) is 0 Å². The quantitative estimate of drug-likeness (QED) is 0.642. The molecule has 0 fully saturated rings. The number of halogens is 7. The van der Waals surface area contributed by atoms with Crippen molar-refractivity contribution in [2.24, 2.45) is 0 Å². The second-order valence-electron chi connectivity index (χ2n) is 4.65. The van der Waals surface area contributed by atoms with Crippen LogP contribution in [0.4, 0.5) is 30.7 Å². The van der Waals surface area contributed by atoms with Crippen LogP contribution in [0.1, 0.15) is 29.3 Å². The lowest BCUT2D eigenvalue weighted by Gasteiger charge is -2.15. The summed E-state index contributed by atoms with van der Waals surface area (Å²) < 4.78 is 96.6. The van der Waals surface area contributed by atoms with Gasteiger partial charge in [0.1, 0.15) is 11.5 Å². The van der Waals surface area contributed by atoms with Crippen LogP contribution < -0.4 is 4.74 Å². The highest BCUT2D eigenvalue weighted by atomic mass is 19.4. The Bertz CT molecular complexity index is 597. The zero-order valence-corrected chi connectivity index (χ0v) is 10.9. The molecule has 0 spiro atoms. The number of nitrogens with one attached hydrogen (secondary N) is 1. The van der Waals surface area contributed by atoms with Gasteiger partial charge >= 0.3 is 12.1 Å². The molecule has 1 aliphatic rings. The fraction of sp³-hybridized carbons (Fsp3) is 0.462. The standard InChI is InChI=1S/C13H10F7NO/c14-4-1-5-22-7-3-2-6(13(18,19)20)8-9(7)10(15)12(16,17)11(8)21/h2-3,10,21H,1,4-5H2. The van der Waals surface area contributed by atoms with Crippen molar-refractivity contribution in [1.29, 1.82) is 5.41 Å². The van der Waals surface area contributed by atoms with Crippen molar-refractivity contribution < 1.29 is 35.5 Å². The maximum atomic E-state index is 13.9. The number of hydrogen-bond donors (Lipinski definition) is 1. The minimum Gasteiger partial charge on any atom is -0.493 e. The summed E-state index contributed by atoms with van der Waals surface area (Å²) in [6.45, 7) is -1.09. The molecule has 0 saturated heterocycles. The van der Waals surface area contributed by atoms with Crippen LogP contribution in [-0.4, -0.2) is 24.9 Å². The Morgan fingerprint density at radius 1 is 1.23 bits per heavy atom. The molecule has 1 aromatic carbocycles. The van der Waals surface area contributed by atoms with Crippen molar-refractivity contribution in [2.75, 3.05) is 13.3 Å². The molecule has 1 atom stereocenters. The molecule has 0 radical (unpaired) electrons. The maximum absolute atomic E-state index is 13.9. The smallest absolute Gasteiger partial charge is 0.417 e. The molecule has 2 rings (SSSR count). The second-order valence-corrected chi connectivity index (χ2v) is 4.65. The van der Waals surface area contributed by atoms with Crippen molar-refractivity contribution >= 4 is 5.71 Å². The lowest BCUT2D eigenvalue weighted by Crippen LogP contribution is -2.27. The first kappa shape index (κ1) is 16.6. The Labute approximate surface area is 120 Å². The van der Waals surface area contributed by atoms with Crippen molar-refractivity contribution in [1.82, 2.24) is 0 Å². The van der Waals surface area contributed by atoms with E-state index in [9.17, 15) is 30.7 Å². The number of benzene rings is 1. The molecule has 1 aromatic rings. The van der Waals surface area contributed by atoms with E-state index in [1.165, 1.54) is 0 Å². The van der Waals surface area contributed by atoms with E-state index < -0.39 is 53.1 Å². The van der Waals surface area contributed by atoms with Gasteiger partial charge in [-0.25, -0.2) is 4.39 Å². The topological polar surface area (TPSA) is 33.1 Å². The van der Waals surface area contributed by atoms with E-state index in [1.807, 2.05) is 0 Å². The van der Waals surface area contributed by atoms with Gasteiger partial charge in [-0.2, -0.15) is 22.0 Å². The molecule has 0 aliphatic heterocycles. The Kier molecular flexibility index (Phi) is 4.09. The summed E-state index contributed by atoms with van der Waals surface area (Å²) in [4.78, 5) is 0. The summed E-state index contributed by atoms with van der Waals surface area (Å²) in [6.07, 6.45) is -8.26. The Hall–Kier alpha value is -1.80. The van der Waals surface area contributed by atoms with Gasteiger partial charge in [-0.3, -0.25) is 9.80 Å². The van der Waals surface area contributed by atoms with Gasteiger partial charge in [0.2, 0.25) is 0 Å². The second kappa shape index (κ2) is 5.44. The maximum Gasteiger partial charge on any atom is 0.417 e. The molecule has 2 nitrogen and oxygen atoms in total. The van der Waals surface area contributed by atoms with E-state index in [0.29, 0.717) is 12.1 Å². The monoisotopic (exact) mass is 329 g/mol. The molecule has 1 aliphatic carbocycles. The van der Waals surface area contributed by atoms with E-state index in [-0.39, 0.29) is 13.0 Å². The molecule has 1 unspecified atom stereocenters. The molecule has 0 aromatic heterocycles. The predicted octanol–water partition coefficient (Wildman–Crippen LogP) is 4.47. The Morgan fingerprint density at radius 2 is 1.86 bits per heavy atom. The predicted molar refractivity (Wildman–Crippen MR) is 63.2 cm³/mol. The van der Waals surface area contributed by atoms with Crippen molar-refractivity contribution in [2.45, 2.75) is 24.7 Å². The third-order valence-corrected chi connectivity index (χ3v) is 3.20. The summed E-state index contributed by atoms with van der Waals surface area (Å²) in [5.74, 6) is -4.91. The molecule has 0 saturated carbocycles. The minimum absolute atomic E-state index is 0.124. The van der Waals surface area contributed by atoms with Gasteiger partial charge in [-0.1, -0.05) is 0 Å². The summed E-state index contributed by atoms with van der Waals surface area (Å²) in [5.41, 5.74) is -5.48. The van der Waals surface area contributed by atoms with Crippen LogP contribution in [0.2, 0.25) is 0 Å². The van der Waals surface area contributed by atoms with Gasteiger partial charge in [0, 0.05) is 17.5 Å². The fourth-order valence-electron chi connectivity index (χ4n) is 2.19. The highest BCUT2D eigenvalue weighted by molar-refractivity contribution is 6.10. The molecule has 122 valence electrons. The molecule has 9 heteroatoms. The van der Waals surface area contributed by atoms with Crippen molar-refractivity contribution in [3.8, 4) is 5.75 Å². The summed E-state index contributed by atoms with van der Waals surface area (Å²) in [5, 5.41) is 7.19. The van der Waals surface area contributed by atoms with E-state index in [1.54, 1.807) is 0 Å². The van der Waals surface area contributed by atoms with Crippen LogP contribution in [0.15, 0.2) is 12.1 Å². The van der Waals surface area contributed by atoms with E-state index in [2.05, 4.69) is 0 Å². The van der Waals surface area contributed by atoms with Gasteiger partial charge < -0.3 is 4.74 Å². The van der Waals surface area contributed by atoms with Gasteiger partial charge in [0.15, 0.2) is 6.17 Å². The molecular formula is C13H10F7NO. The van der Waals surface area contributed by atoms with Gasteiger partial charge in [-0.05, 0) is 12.1 Å². The van der Waals surface area contributed by atoms with Crippen LogP contribution in [0.3, 0.4) is 0 Å². The summed E-state index contributed by atoms with van der Waals surface area (Å²) in [7, 11) is 0. The molecule has 0 heterocycles. The average molecular weight is 329 g/mol. The largest absolute Gasteiger partial charge is 0.493 e. The number of ether oxygens (including phenoxy) is 1. The van der Waals surface area contributed by atoms with E-state index in [4.69, 9.17) is 10.1 Å². The lowest BCUT2D eigenvalue weighted by molar-refractivity contribution is -0.137. The number of fused-ring (bicyclic) bond motifs is 1. The summed E-state index contributed by atoms with van der Waals surface area (Å²) in [6, 6.07) is 1.16. The third kappa shape index (κ3) is 2.52. The Morgan fingerprint density at radius 3 is 2.41 bits per heavy atom. The van der Waals surface area contributed by atoms with Crippen LogP contribution in [0, 0.1) is 5.41 Å². The fourth-order valence-corrected chi connectivity index (χ4v) is 2.19. The van der Waals surface area contributed by atoms with Crippen LogP contribution >= 0.6 is 0 Å². The summed E-state index contributed by atoms with van der Waals surface area (Å²) >= 11 is 0. The normalized spacial score (nSPS) is 20.1. The third-order valence-electron chi connectivity index (χ3n) is 3.20. The molecule has 0 bridgehead atoms. The molecular weight excluding hydrogens is 319 g/mol. The average Bonchev–Trinajstić information content (AvgIpc) is 2.60. The number of alkyl halides is 7. The first-order valence-corrected chi connectivity index (χ1v) is 6.16. The highest BCUT2D eigenvalue weighted by Gasteiger charge is 2.57. The van der Waals surface area contributed by atoms with E-state index in [0.717, 1.165) is 0 Å². The SMILES string of the molecule is N=C1c2c(C(F)(F)F)ccc(OCCCF)c2C(F)C1(F)F. The zero-order valence-electron chi connectivity index (χ0n) is 10.9. The molecule has 0 amide bonds. The number of hydrogen-bond acceptors (Lipinski definition) is 2. The van der Waals surface area contributed by atoms with Crippen LogP contribution in [-0.2, 0) is 6.18 Å². The minimum atomic E-state index is -5.02. The Balaban J connectivity index is 2.59. The van der Waals surface area contributed by atoms with Crippen molar-refractivity contribution in [3.05, 3.63) is 28.8 Å². The zero-order chi connectivity index (χ0) is 16.7. The van der Waals surface area contributed by atoms with E-state index >= 15 is 0 Å². The first-order valence-electron chi connectivity index (χ1n) is 6.16. The molecule has 22 heavy (non-hydrogen) atoms. The van der Waals surface area contributed by atoms with Gasteiger partial charge in [-0.15, -0.1) is 0 Å². The molecule has 1 N–H and O–H groups in total.